The van der Waals surface area contributed by atoms with Crippen LogP contribution in [0.3, 0.4) is 0 Å². The molecule has 0 saturated heterocycles. The van der Waals surface area contributed by atoms with Crippen molar-refractivity contribution in [3.63, 3.8) is 0 Å². The number of carbonyl (C=O) groups is 2. The number of hydrogen-bond donors (Lipinski definition) is 0. The quantitative estimate of drug-likeness (QED) is 0.271. The molecule has 0 atom stereocenters. The fourth-order valence-corrected chi connectivity index (χ4v) is 8.92. The molecular weight excluding hydrogens is 482 g/mol. The normalized spacial score (nSPS) is 10.6. The van der Waals surface area contributed by atoms with Gasteiger partial charge in [-0.2, -0.15) is 0 Å². The number of Topliss-reactive ketones (excluding diaryl/α,β-unsaturated/α-hetero) is 1. The number of ether oxygens (including phenoxy) is 1. The molecule has 28 heavy (non-hydrogen) atoms. The summed E-state index contributed by atoms with van der Waals surface area (Å²) in [6, 6.07) is 27.2. The molecule has 142 valence electrons. The standard InChI is InChI=1S/C23H20O3Se2/c1-2-26-22(25)18-15-13-17(14-16-18)21(24)23(27-19-9-5-3-6-10-19)28-20-11-7-4-8-12-20/h3-16,23H,2H2,1H3. The number of ketones is 1. The second-order valence-corrected chi connectivity index (χ2v) is 12.3. The molecule has 0 N–H and O–H groups in total. The number of esters is 1. The van der Waals surface area contributed by atoms with Crippen LogP contribution in [0, 0.1) is 0 Å². The number of hydrogen-bond acceptors (Lipinski definition) is 3. The molecule has 0 radical (unpaired) electrons. The summed E-state index contributed by atoms with van der Waals surface area (Å²) in [7, 11) is 0. The Morgan fingerprint density at radius 2 is 1.21 bits per heavy atom. The topological polar surface area (TPSA) is 43.4 Å². The van der Waals surface area contributed by atoms with Crippen molar-refractivity contribution < 1.29 is 14.3 Å². The Morgan fingerprint density at radius 3 is 1.68 bits per heavy atom. The molecule has 0 fully saturated rings. The summed E-state index contributed by atoms with van der Waals surface area (Å²) in [6.45, 7) is 2.11. The SMILES string of the molecule is CCOC(=O)c1ccc(C(=O)C([Se]c2ccccc2)[Se]c2ccccc2)cc1. The first kappa shape index (κ1) is 20.6. The molecule has 0 aromatic heterocycles. The van der Waals surface area contributed by atoms with Crippen LogP contribution in [0.5, 0.6) is 0 Å². The van der Waals surface area contributed by atoms with Crippen molar-refractivity contribution in [2.75, 3.05) is 6.61 Å². The van der Waals surface area contributed by atoms with Crippen LogP contribution in [-0.4, -0.2) is 48.3 Å². The van der Waals surface area contributed by atoms with Gasteiger partial charge in [-0.05, 0) is 0 Å². The Labute approximate surface area is 177 Å². The molecule has 0 heterocycles. The van der Waals surface area contributed by atoms with Gasteiger partial charge < -0.3 is 0 Å². The van der Waals surface area contributed by atoms with Crippen molar-refractivity contribution in [2.45, 2.75) is 10.6 Å². The molecule has 0 saturated carbocycles. The van der Waals surface area contributed by atoms with Crippen molar-refractivity contribution >= 4 is 50.6 Å². The Kier molecular flexibility index (Phi) is 7.64. The van der Waals surface area contributed by atoms with Crippen LogP contribution in [0.1, 0.15) is 27.6 Å². The summed E-state index contributed by atoms with van der Waals surface area (Å²) in [5.74, 6) is -0.219. The molecule has 0 aliphatic heterocycles. The van der Waals surface area contributed by atoms with Gasteiger partial charge in [0, 0.05) is 0 Å². The van der Waals surface area contributed by atoms with Gasteiger partial charge in [0.2, 0.25) is 0 Å². The maximum atomic E-state index is 13.3. The van der Waals surface area contributed by atoms with Gasteiger partial charge in [0.05, 0.1) is 0 Å². The fraction of sp³-hybridized carbons (Fsp3) is 0.130. The zero-order valence-electron chi connectivity index (χ0n) is 15.4. The van der Waals surface area contributed by atoms with E-state index in [1.54, 1.807) is 31.2 Å². The van der Waals surface area contributed by atoms with Crippen molar-refractivity contribution in [3.05, 3.63) is 96.1 Å². The van der Waals surface area contributed by atoms with E-state index in [4.69, 9.17) is 4.74 Å². The predicted octanol–water partition coefficient (Wildman–Crippen LogP) is 2.85. The van der Waals surface area contributed by atoms with E-state index in [1.807, 2.05) is 36.4 Å². The molecule has 0 amide bonds. The van der Waals surface area contributed by atoms with E-state index in [0.717, 1.165) is 0 Å². The molecule has 3 aromatic carbocycles. The van der Waals surface area contributed by atoms with Gasteiger partial charge in [-0.3, -0.25) is 0 Å². The van der Waals surface area contributed by atoms with E-state index >= 15 is 0 Å². The molecule has 0 bridgehead atoms. The first-order valence-electron chi connectivity index (χ1n) is 8.92. The molecule has 0 spiro atoms. The summed E-state index contributed by atoms with van der Waals surface area (Å²) in [6.07, 6.45) is 0. The minimum atomic E-state index is -0.361. The van der Waals surface area contributed by atoms with Crippen LogP contribution in [0.25, 0.3) is 0 Å². The first-order chi connectivity index (χ1) is 13.7. The molecule has 5 heteroatoms. The van der Waals surface area contributed by atoms with E-state index in [9.17, 15) is 9.59 Å². The van der Waals surface area contributed by atoms with Crippen LogP contribution in [-0.2, 0) is 4.74 Å². The van der Waals surface area contributed by atoms with Crippen molar-refractivity contribution in [3.8, 4) is 0 Å². The molecule has 0 aliphatic rings. The monoisotopic (exact) mass is 504 g/mol. The van der Waals surface area contributed by atoms with Gasteiger partial charge in [-0.1, -0.05) is 0 Å². The van der Waals surface area contributed by atoms with Crippen LogP contribution >= 0.6 is 0 Å². The second-order valence-electron chi connectivity index (χ2n) is 5.86. The fourth-order valence-electron chi connectivity index (χ4n) is 2.50. The Morgan fingerprint density at radius 1 is 0.750 bits per heavy atom. The van der Waals surface area contributed by atoms with E-state index < -0.39 is 0 Å². The summed E-state index contributed by atoms with van der Waals surface area (Å²) in [4.78, 5) is 25.1. The van der Waals surface area contributed by atoms with Crippen LogP contribution < -0.4 is 8.92 Å². The number of carbonyl (C=O) groups excluding carboxylic acids is 2. The zero-order valence-corrected chi connectivity index (χ0v) is 18.8. The molecule has 3 rings (SSSR count). The first-order valence-corrected chi connectivity index (χ1v) is 12.6. The average Bonchev–Trinajstić information content (AvgIpc) is 2.74. The third-order valence-electron chi connectivity index (χ3n) is 3.87. The second kappa shape index (κ2) is 10.4. The Bertz CT molecular complexity index is 868. The summed E-state index contributed by atoms with van der Waals surface area (Å²) < 4.78 is 7.41. The van der Waals surface area contributed by atoms with Crippen molar-refractivity contribution in [1.82, 2.24) is 0 Å². The summed E-state index contributed by atoms with van der Waals surface area (Å²) in [5, 5.41) is 0. The molecule has 3 aromatic rings. The third kappa shape index (κ3) is 5.67. The number of benzene rings is 3. The Balaban J connectivity index is 1.82. The molecule has 3 nitrogen and oxygen atoms in total. The molecular formula is C23H20O3Se2. The average molecular weight is 502 g/mol. The molecule has 0 aliphatic carbocycles. The Hall–Kier alpha value is -2.16. The van der Waals surface area contributed by atoms with Gasteiger partial charge in [0.15, 0.2) is 0 Å². The molecule has 0 unspecified atom stereocenters. The minimum absolute atomic E-state index is 0.0357. The van der Waals surface area contributed by atoms with E-state index in [-0.39, 0.29) is 45.4 Å². The summed E-state index contributed by atoms with van der Waals surface area (Å²) in [5.41, 5.74) is 1.12. The van der Waals surface area contributed by atoms with Crippen LogP contribution in [0.2, 0.25) is 3.71 Å². The van der Waals surface area contributed by atoms with E-state index in [2.05, 4.69) is 24.3 Å². The van der Waals surface area contributed by atoms with Crippen LogP contribution in [0.15, 0.2) is 84.9 Å². The van der Waals surface area contributed by atoms with E-state index in [0.29, 0.717) is 17.7 Å². The van der Waals surface area contributed by atoms with Crippen molar-refractivity contribution in [2.24, 2.45) is 0 Å². The van der Waals surface area contributed by atoms with Gasteiger partial charge in [0.1, 0.15) is 0 Å². The zero-order chi connectivity index (χ0) is 19.8. The maximum absolute atomic E-state index is 13.3. The van der Waals surface area contributed by atoms with Crippen LogP contribution in [0.4, 0.5) is 0 Å². The predicted molar refractivity (Wildman–Crippen MR) is 114 cm³/mol. The van der Waals surface area contributed by atoms with Gasteiger partial charge in [-0.15, -0.1) is 0 Å². The van der Waals surface area contributed by atoms with Gasteiger partial charge in [-0.25, -0.2) is 0 Å². The number of rotatable bonds is 8. The van der Waals surface area contributed by atoms with Gasteiger partial charge in [0.25, 0.3) is 0 Å². The van der Waals surface area contributed by atoms with Gasteiger partial charge >= 0.3 is 178 Å². The summed E-state index contributed by atoms with van der Waals surface area (Å²) >= 11 is 0.0714. The third-order valence-corrected chi connectivity index (χ3v) is 10.0. The van der Waals surface area contributed by atoms with E-state index in [1.165, 1.54) is 8.92 Å². The van der Waals surface area contributed by atoms with Crippen molar-refractivity contribution in [1.29, 1.82) is 0 Å².